The first-order valence-corrected chi connectivity index (χ1v) is 17.1. The van der Waals surface area contributed by atoms with E-state index in [2.05, 4.69) is 46.2 Å². The van der Waals surface area contributed by atoms with Crippen LogP contribution in [-0.4, -0.2) is 75.3 Å². The second-order valence-electron chi connectivity index (χ2n) is 13.1. The molecule has 250 valence electrons. The van der Waals surface area contributed by atoms with E-state index < -0.39 is 18.2 Å². The highest BCUT2D eigenvalue weighted by atomic mass is 35.5. The van der Waals surface area contributed by atoms with Crippen LogP contribution < -0.4 is 0 Å². The zero-order valence-electron chi connectivity index (χ0n) is 27.0. The number of benzene rings is 4. The number of nitrogens with zero attached hydrogens (tertiary/aromatic N) is 2. The number of ketones is 1. The van der Waals surface area contributed by atoms with Crippen molar-refractivity contribution in [1.82, 2.24) is 9.80 Å². The molecule has 0 amide bonds. The monoisotopic (exact) mass is 686 g/mol. The smallest absolute Gasteiger partial charge is 0.306 e. The SMILES string of the molecule is CC(=O)CC(O)CN1CCc2cc(-c3cccc(-c4cccc(-c5ccc6c(c5)CCN(CC(O)CC(=O)O)C6)c4Cl)c3Cl)ccc2C1. The maximum Gasteiger partial charge on any atom is 0.306 e. The van der Waals surface area contributed by atoms with E-state index in [9.17, 15) is 19.8 Å². The Balaban J connectivity index is 1.21. The molecule has 4 aromatic carbocycles. The van der Waals surface area contributed by atoms with Crippen LogP contribution >= 0.6 is 23.2 Å². The van der Waals surface area contributed by atoms with Gasteiger partial charge in [-0.05, 0) is 53.1 Å². The quantitative estimate of drug-likeness (QED) is 0.158. The lowest BCUT2D eigenvalue weighted by molar-refractivity contribution is -0.139. The van der Waals surface area contributed by atoms with E-state index in [4.69, 9.17) is 28.3 Å². The summed E-state index contributed by atoms with van der Waals surface area (Å²) in [4.78, 5) is 26.6. The standard InChI is InChI=1S/C39H40Cl2N2O5/c1-24(44)16-31(45)22-42-14-12-25-17-27(8-10-29(25)20-42)33-4-2-6-35(38(33)40)36-7-3-5-34(39(36)41)28-9-11-30-21-43(15-13-26(30)18-28)23-32(46)19-37(47)48/h2-11,17-18,31-32,45-46H,12-16,19-23H2,1H3,(H,47,48). The zero-order valence-corrected chi connectivity index (χ0v) is 28.5. The molecule has 4 aromatic rings. The van der Waals surface area contributed by atoms with Crippen LogP contribution in [0.2, 0.25) is 10.0 Å². The molecule has 2 atom stereocenters. The molecule has 2 heterocycles. The molecule has 2 unspecified atom stereocenters. The lowest BCUT2D eigenvalue weighted by atomic mass is 9.91. The maximum atomic E-state index is 11.4. The summed E-state index contributed by atoms with van der Waals surface area (Å²) < 4.78 is 0. The molecule has 0 bridgehead atoms. The van der Waals surface area contributed by atoms with Crippen molar-refractivity contribution in [2.24, 2.45) is 0 Å². The van der Waals surface area contributed by atoms with Crippen molar-refractivity contribution in [1.29, 1.82) is 0 Å². The summed E-state index contributed by atoms with van der Waals surface area (Å²) in [5.74, 6) is -0.997. The fourth-order valence-electron chi connectivity index (χ4n) is 7.05. The summed E-state index contributed by atoms with van der Waals surface area (Å²) in [6, 6.07) is 24.9. The molecule has 0 saturated heterocycles. The van der Waals surface area contributed by atoms with E-state index in [1.165, 1.54) is 29.2 Å². The molecule has 9 heteroatoms. The number of halogens is 2. The maximum absolute atomic E-state index is 11.4. The van der Waals surface area contributed by atoms with Gasteiger partial charge in [0, 0.05) is 67.9 Å². The van der Waals surface area contributed by atoms with Gasteiger partial charge in [-0.2, -0.15) is 0 Å². The van der Waals surface area contributed by atoms with Crippen molar-refractivity contribution in [2.45, 2.75) is 57.9 Å². The lowest BCUT2D eigenvalue weighted by Crippen LogP contribution is -2.37. The zero-order chi connectivity index (χ0) is 33.9. The third kappa shape index (κ3) is 7.84. The minimum absolute atomic E-state index is 0.00129. The van der Waals surface area contributed by atoms with Crippen LogP contribution in [0.25, 0.3) is 33.4 Å². The van der Waals surface area contributed by atoms with Crippen LogP contribution in [0.3, 0.4) is 0 Å². The number of carbonyl (C=O) groups excluding carboxylic acids is 1. The first-order chi connectivity index (χ1) is 23.0. The van der Waals surface area contributed by atoms with Gasteiger partial charge in [0.2, 0.25) is 0 Å². The Bertz CT molecular complexity index is 1710. The van der Waals surface area contributed by atoms with Gasteiger partial charge < -0.3 is 15.3 Å². The third-order valence-electron chi connectivity index (χ3n) is 9.38. The van der Waals surface area contributed by atoms with Crippen LogP contribution in [0.4, 0.5) is 0 Å². The average molecular weight is 688 g/mol. The molecule has 0 radical (unpaired) electrons. The van der Waals surface area contributed by atoms with E-state index in [1.54, 1.807) is 0 Å². The van der Waals surface area contributed by atoms with Crippen molar-refractivity contribution in [3.05, 3.63) is 105 Å². The Morgan fingerprint density at radius 3 is 1.54 bits per heavy atom. The molecule has 0 aromatic heterocycles. The summed E-state index contributed by atoms with van der Waals surface area (Å²) in [6.45, 7) is 5.28. The summed E-state index contributed by atoms with van der Waals surface area (Å²) >= 11 is 14.3. The van der Waals surface area contributed by atoms with Crippen LogP contribution in [0.15, 0.2) is 72.8 Å². The molecule has 0 aliphatic carbocycles. The fourth-order valence-corrected chi connectivity index (χ4v) is 7.73. The molecule has 0 fully saturated rings. The number of aliphatic carboxylic acids is 1. The topological polar surface area (TPSA) is 101 Å². The lowest BCUT2D eigenvalue weighted by Gasteiger charge is -2.30. The second kappa shape index (κ2) is 14.9. The van der Waals surface area contributed by atoms with Gasteiger partial charge in [0.15, 0.2) is 0 Å². The highest BCUT2D eigenvalue weighted by Crippen LogP contribution is 2.43. The second-order valence-corrected chi connectivity index (χ2v) is 13.8. The average Bonchev–Trinajstić information content (AvgIpc) is 3.04. The van der Waals surface area contributed by atoms with Crippen LogP contribution in [0.5, 0.6) is 0 Å². The Labute approximate surface area is 291 Å². The molecule has 48 heavy (non-hydrogen) atoms. The van der Waals surface area contributed by atoms with Gasteiger partial charge in [-0.25, -0.2) is 0 Å². The van der Waals surface area contributed by atoms with Gasteiger partial charge in [-0.3, -0.25) is 19.4 Å². The Morgan fingerprint density at radius 1 is 0.667 bits per heavy atom. The Hall–Kier alpha value is -3.56. The number of hydrogen-bond acceptors (Lipinski definition) is 6. The molecule has 7 nitrogen and oxygen atoms in total. The van der Waals surface area contributed by atoms with E-state index in [-0.39, 0.29) is 18.6 Å². The third-order valence-corrected chi connectivity index (χ3v) is 10.2. The van der Waals surface area contributed by atoms with Gasteiger partial charge in [0.25, 0.3) is 0 Å². The molecule has 2 aliphatic heterocycles. The van der Waals surface area contributed by atoms with Gasteiger partial charge in [0.05, 0.1) is 28.7 Å². The normalized spacial score (nSPS) is 16.2. The number of carbonyl (C=O) groups is 2. The van der Waals surface area contributed by atoms with E-state index in [0.29, 0.717) is 29.7 Å². The minimum atomic E-state index is -0.996. The first kappa shape index (κ1) is 34.3. The number of Topliss-reactive ketones (excluding diaryl/α,β-unsaturated/α-hetero) is 1. The highest BCUT2D eigenvalue weighted by molar-refractivity contribution is 6.39. The van der Waals surface area contributed by atoms with Crippen LogP contribution in [0.1, 0.15) is 42.0 Å². The van der Waals surface area contributed by atoms with Crippen molar-refractivity contribution >= 4 is 35.0 Å². The number of rotatable bonds is 11. The van der Waals surface area contributed by atoms with E-state index in [1.807, 2.05) is 36.4 Å². The molecule has 0 spiro atoms. The van der Waals surface area contributed by atoms with Gasteiger partial charge in [-0.15, -0.1) is 0 Å². The molecule has 3 N–H and O–H groups in total. The number of carboxylic acid groups (broad SMARTS) is 1. The predicted octanol–water partition coefficient (Wildman–Crippen LogP) is 6.89. The van der Waals surface area contributed by atoms with Gasteiger partial charge in [-0.1, -0.05) is 96.0 Å². The number of aliphatic hydroxyl groups excluding tert-OH is 2. The van der Waals surface area contributed by atoms with Crippen molar-refractivity contribution < 1.29 is 24.9 Å². The number of aliphatic hydroxyl groups is 2. The molecule has 2 aliphatic rings. The molecule has 0 saturated carbocycles. The minimum Gasteiger partial charge on any atom is -0.481 e. The first-order valence-electron chi connectivity index (χ1n) is 16.4. The van der Waals surface area contributed by atoms with Crippen LogP contribution in [0, 0.1) is 0 Å². The summed E-state index contributed by atoms with van der Waals surface area (Å²) in [7, 11) is 0. The van der Waals surface area contributed by atoms with Crippen molar-refractivity contribution in [3.63, 3.8) is 0 Å². The number of β-amino-alcohol motifs (C(OH)–C–C–N with tert-alkyl or cyclic N) is 2. The van der Waals surface area contributed by atoms with E-state index >= 15 is 0 Å². The van der Waals surface area contributed by atoms with Crippen molar-refractivity contribution in [3.8, 4) is 33.4 Å². The number of fused-ring (bicyclic) bond motifs is 2. The van der Waals surface area contributed by atoms with Gasteiger partial charge >= 0.3 is 5.97 Å². The molecular formula is C39H40Cl2N2O5. The highest BCUT2D eigenvalue weighted by Gasteiger charge is 2.23. The van der Waals surface area contributed by atoms with Crippen molar-refractivity contribution in [2.75, 3.05) is 26.2 Å². The fraction of sp³-hybridized carbons (Fsp3) is 0.333. The largest absolute Gasteiger partial charge is 0.481 e. The van der Waals surface area contributed by atoms with Crippen LogP contribution in [-0.2, 0) is 35.5 Å². The number of carboxylic acids is 1. The summed E-state index contributed by atoms with van der Waals surface area (Å²) in [5.41, 5.74) is 10.5. The summed E-state index contributed by atoms with van der Waals surface area (Å²) in [6.07, 6.45) is 0.0442. The summed E-state index contributed by atoms with van der Waals surface area (Å²) in [5, 5.41) is 30.6. The Kier molecular flexibility index (Phi) is 10.7. The van der Waals surface area contributed by atoms with Gasteiger partial charge in [0.1, 0.15) is 5.78 Å². The van der Waals surface area contributed by atoms with E-state index in [0.717, 1.165) is 65.9 Å². The molecular weight excluding hydrogens is 647 g/mol. The predicted molar refractivity (Wildman–Crippen MR) is 190 cm³/mol. The Morgan fingerprint density at radius 2 is 1.10 bits per heavy atom. The number of hydrogen-bond donors (Lipinski definition) is 3. The molecule has 6 rings (SSSR count).